The predicted octanol–water partition coefficient (Wildman–Crippen LogP) is 2.60. The standard InChI is InChI=1S/C17H24N2O/c1-2-5-15-14(4-1)16-6-7-17(15)19(16)9-3-8-18-10-12-20-13-11-18/h1-2,4-5,16-17H,3,6-13H2. The number of fused-ring (bicyclic) bond motifs is 5. The molecule has 4 rings (SSSR count). The molecular weight excluding hydrogens is 248 g/mol. The molecule has 0 amide bonds. The fraction of sp³-hybridized carbons (Fsp3) is 0.647. The summed E-state index contributed by atoms with van der Waals surface area (Å²) in [6.45, 7) is 6.55. The third kappa shape index (κ3) is 2.18. The highest BCUT2D eigenvalue weighted by atomic mass is 16.5. The second kappa shape index (κ2) is 5.47. The van der Waals surface area contributed by atoms with Crippen LogP contribution in [-0.4, -0.2) is 49.2 Å². The molecule has 2 saturated heterocycles. The van der Waals surface area contributed by atoms with Crippen molar-refractivity contribution in [2.75, 3.05) is 39.4 Å². The van der Waals surface area contributed by atoms with E-state index in [-0.39, 0.29) is 0 Å². The molecule has 0 spiro atoms. The number of hydrogen-bond donors (Lipinski definition) is 0. The Morgan fingerprint density at radius 1 is 0.950 bits per heavy atom. The second-order valence-corrected chi connectivity index (χ2v) is 6.28. The van der Waals surface area contributed by atoms with Crippen molar-refractivity contribution < 1.29 is 4.74 Å². The normalized spacial score (nSPS) is 29.8. The number of ether oxygens (including phenoxy) is 1. The van der Waals surface area contributed by atoms with Crippen LogP contribution in [-0.2, 0) is 4.74 Å². The van der Waals surface area contributed by atoms with E-state index in [1.54, 1.807) is 11.1 Å². The van der Waals surface area contributed by atoms with Crippen LogP contribution in [0.1, 0.15) is 42.5 Å². The Morgan fingerprint density at radius 3 is 2.25 bits per heavy atom. The molecule has 3 heterocycles. The molecular formula is C17H24N2O. The first kappa shape index (κ1) is 12.8. The van der Waals surface area contributed by atoms with Gasteiger partial charge in [-0.1, -0.05) is 24.3 Å². The van der Waals surface area contributed by atoms with Crippen molar-refractivity contribution in [3.05, 3.63) is 35.4 Å². The number of hydrogen-bond acceptors (Lipinski definition) is 3. The first-order valence-corrected chi connectivity index (χ1v) is 8.08. The molecule has 20 heavy (non-hydrogen) atoms. The third-order valence-electron chi connectivity index (χ3n) is 5.22. The van der Waals surface area contributed by atoms with Gasteiger partial charge in [-0.2, -0.15) is 0 Å². The molecule has 3 heteroatoms. The predicted molar refractivity (Wildman–Crippen MR) is 79.7 cm³/mol. The monoisotopic (exact) mass is 272 g/mol. The van der Waals surface area contributed by atoms with Crippen molar-refractivity contribution in [1.29, 1.82) is 0 Å². The molecule has 2 fully saturated rings. The van der Waals surface area contributed by atoms with Crippen molar-refractivity contribution >= 4 is 0 Å². The van der Waals surface area contributed by atoms with Crippen LogP contribution in [0.3, 0.4) is 0 Å². The maximum Gasteiger partial charge on any atom is 0.0594 e. The first-order valence-electron chi connectivity index (χ1n) is 8.08. The number of benzene rings is 1. The van der Waals surface area contributed by atoms with Crippen molar-refractivity contribution in [2.24, 2.45) is 0 Å². The van der Waals surface area contributed by atoms with Gasteiger partial charge in [0.1, 0.15) is 0 Å². The molecule has 0 N–H and O–H groups in total. The summed E-state index contributed by atoms with van der Waals surface area (Å²) in [5, 5.41) is 0. The Morgan fingerprint density at radius 2 is 1.60 bits per heavy atom. The van der Waals surface area contributed by atoms with Crippen molar-refractivity contribution in [3.8, 4) is 0 Å². The Hall–Kier alpha value is -0.900. The molecule has 0 saturated carbocycles. The molecule has 1 aromatic carbocycles. The second-order valence-electron chi connectivity index (χ2n) is 6.28. The van der Waals surface area contributed by atoms with Crippen LogP contribution in [0.2, 0.25) is 0 Å². The quantitative estimate of drug-likeness (QED) is 0.838. The minimum Gasteiger partial charge on any atom is -0.379 e. The van der Waals surface area contributed by atoms with E-state index >= 15 is 0 Å². The highest BCUT2D eigenvalue weighted by molar-refractivity contribution is 5.39. The number of morpholine rings is 1. The SMILES string of the molecule is c1ccc2c(c1)C1CCC2N1CCCN1CCOCC1. The van der Waals surface area contributed by atoms with Crippen LogP contribution >= 0.6 is 0 Å². The highest BCUT2D eigenvalue weighted by Crippen LogP contribution is 2.52. The maximum absolute atomic E-state index is 5.41. The summed E-state index contributed by atoms with van der Waals surface area (Å²) in [5.41, 5.74) is 3.21. The molecule has 2 atom stereocenters. The van der Waals surface area contributed by atoms with Gasteiger partial charge in [0.25, 0.3) is 0 Å². The smallest absolute Gasteiger partial charge is 0.0594 e. The molecule has 3 aliphatic heterocycles. The molecule has 108 valence electrons. The van der Waals surface area contributed by atoms with Crippen molar-refractivity contribution in [1.82, 2.24) is 9.80 Å². The summed E-state index contributed by atoms with van der Waals surface area (Å²) in [6.07, 6.45) is 4.01. The number of rotatable bonds is 4. The summed E-state index contributed by atoms with van der Waals surface area (Å²) >= 11 is 0. The zero-order valence-electron chi connectivity index (χ0n) is 12.1. The molecule has 3 nitrogen and oxygen atoms in total. The average molecular weight is 272 g/mol. The Bertz CT molecular complexity index is 439. The fourth-order valence-electron chi connectivity index (χ4n) is 4.26. The van der Waals surface area contributed by atoms with E-state index in [2.05, 4.69) is 34.1 Å². The lowest BCUT2D eigenvalue weighted by atomic mass is 9.92. The van der Waals surface area contributed by atoms with Crippen LogP contribution in [0.25, 0.3) is 0 Å². The lowest BCUT2D eigenvalue weighted by Crippen LogP contribution is -2.38. The van der Waals surface area contributed by atoms with Gasteiger partial charge >= 0.3 is 0 Å². The van der Waals surface area contributed by atoms with E-state index in [4.69, 9.17) is 4.74 Å². The van der Waals surface area contributed by atoms with Crippen LogP contribution in [0, 0.1) is 0 Å². The summed E-state index contributed by atoms with van der Waals surface area (Å²) in [7, 11) is 0. The van der Waals surface area contributed by atoms with Crippen LogP contribution < -0.4 is 0 Å². The summed E-state index contributed by atoms with van der Waals surface area (Å²) in [4.78, 5) is 5.31. The molecule has 0 radical (unpaired) electrons. The van der Waals surface area contributed by atoms with Gasteiger partial charge in [-0.3, -0.25) is 9.80 Å². The van der Waals surface area contributed by atoms with Crippen LogP contribution in [0.15, 0.2) is 24.3 Å². The van der Waals surface area contributed by atoms with Gasteiger partial charge < -0.3 is 4.74 Å². The summed E-state index contributed by atoms with van der Waals surface area (Å²) in [5.74, 6) is 0. The van der Waals surface area contributed by atoms with E-state index in [1.807, 2.05) is 0 Å². The van der Waals surface area contributed by atoms with Gasteiger partial charge in [-0.05, 0) is 36.9 Å². The molecule has 0 aliphatic carbocycles. The zero-order valence-corrected chi connectivity index (χ0v) is 12.1. The van der Waals surface area contributed by atoms with E-state index in [1.165, 1.54) is 32.4 Å². The topological polar surface area (TPSA) is 15.7 Å². The third-order valence-corrected chi connectivity index (χ3v) is 5.22. The Kier molecular flexibility index (Phi) is 3.51. The van der Waals surface area contributed by atoms with Crippen molar-refractivity contribution in [2.45, 2.75) is 31.3 Å². The lowest BCUT2D eigenvalue weighted by Gasteiger charge is -2.28. The zero-order chi connectivity index (χ0) is 13.4. The molecule has 3 aliphatic rings. The molecule has 2 bridgehead atoms. The van der Waals surface area contributed by atoms with Gasteiger partial charge in [0, 0.05) is 31.7 Å². The largest absolute Gasteiger partial charge is 0.379 e. The summed E-state index contributed by atoms with van der Waals surface area (Å²) in [6, 6.07) is 10.5. The molecule has 0 aromatic heterocycles. The van der Waals surface area contributed by atoms with Crippen LogP contribution in [0.4, 0.5) is 0 Å². The first-order chi connectivity index (χ1) is 9.93. The van der Waals surface area contributed by atoms with Gasteiger partial charge in [0.15, 0.2) is 0 Å². The van der Waals surface area contributed by atoms with Gasteiger partial charge in [0.05, 0.1) is 13.2 Å². The Labute approximate surface area is 121 Å². The van der Waals surface area contributed by atoms with E-state index in [0.29, 0.717) is 12.1 Å². The minimum absolute atomic E-state index is 0.709. The summed E-state index contributed by atoms with van der Waals surface area (Å²) < 4.78 is 5.41. The van der Waals surface area contributed by atoms with Gasteiger partial charge in [-0.15, -0.1) is 0 Å². The lowest BCUT2D eigenvalue weighted by molar-refractivity contribution is 0.0355. The van der Waals surface area contributed by atoms with E-state index in [0.717, 1.165) is 26.3 Å². The maximum atomic E-state index is 5.41. The van der Waals surface area contributed by atoms with Gasteiger partial charge in [-0.25, -0.2) is 0 Å². The van der Waals surface area contributed by atoms with Crippen molar-refractivity contribution in [3.63, 3.8) is 0 Å². The van der Waals surface area contributed by atoms with Gasteiger partial charge in [0.2, 0.25) is 0 Å². The highest BCUT2D eigenvalue weighted by Gasteiger charge is 2.42. The average Bonchev–Trinajstić information content (AvgIpc) is 3.05. The van der Waals surface area contributed by atoms with E-state index < -0.39 is 0 Å². The molecule has 2 unspecified atom stereocenters. The minimum atomic E-state index is 0.709. The fourth-order valence-corrected chi connectivity index (χ4v) is 4.26. The van der Waals surface area contributed by atoms with Crippen LogP contribution in [0.5, 0.6) is 0 Å². The number of nitrogens with zero attached hydrogens (tertiary/aromatic N) is 2. The molecule has 1 aromatic rings. The van der Waals surface area contributed by atoms with E-state index in [9.17, 15) is 0 Å². The Balaban J connectivity index is 1.35.